The van der Waals surface area contributed by atoms with E-state index < -0.39 is 5.97 Å². The monoisotopic (exact) mass is 344 g/mol. The molecule has 4 rings (SSSR count). The third-order valence-corrected chi connectivity index (χ3v) is 4.98. The van der Waals surface area contributed by atoms with Crippen molar-refractivity contribution in [2.24, 2.45) is 7.05 Å². The number of anilines is 1. The Balaban J connectivity index is 1.39. The van der Waals surface area contributed by atoms with Gasteiger partial charge in [0.15, 0.2) is 5.13 Å². The van der Waals surface area contributed by atoms with Gasteiger partial charge in [0, 0.05) is 13.2 Å². The minimum Gasteiger partial charge on any atom is -0.479 e. The summed E-state index contributed by atoms with van der Waals surface area (Å²) in [6, 6.07) is 8.05. The fraction of sp³-hybridized carbons (Fsp3) is 0.312. The number of thiazole rings is 1. The van der Waals surface area contributed by atoms with E-state index in [0.29, 0.717) is 18.7 Å². The SMILES string of the molecule is COc1nn(C)cc1C(=O)OC1CN(c2nc3ccccc3s2)C1. The van der Waals surface area contributed by atoms with Crippen LogP contribution in [0.5, 0.6) is 5.88 Å². The lowest BCUT2D eigenvalue weighted by molar-refractivity contribution is 0.0231. The molecule has 0 saturated carbocycles. The number of carbonyl (C=O) groups is 1. The third-order valence-electron chi connectivity index (χ3n) is 3.88. The zero-order valence-electron chi connectivity index (χ0n) is 13.3. The maximum absolute atomic E-state index is 12.2. The van der Waals surface area contributed by atoms with Gasteiger partial charge in [0.05, 0.1) is 30.4 Å². The van der Waals surface area contributed by atoms with Gasteiger partial charge in [-0.1, -0.05) is 23.5 Å². The molecule has 24 heavy (non-hydrogen) atoms. The molecule has 0 spiro atoms. The fourth-order valence-corrected chi connectivity index (χ4v) is 3.62. The van der Waals surface area contributed by atoms with Crippen LogP contribution in [-0.4, -0.2) is 47.0 Å². The Hall–Kier alpha value is -2.61. The highest BCUT2D eigenvalue weighted by Gasteiger charge is 2.33. The molecule has 1 aliphatic rings. The maximum atomic E-state index is 12.2. The predicted octanol–water partition coefficient (Wildman–Crippen LogP) is 2.08. The molecular formula is C16H16N4O3S. The molecular weight excluding hydrogens is 328 g/mol. The zero-order valence-corrected chi connectivity index (χ0v) is 14.1. The molecule has 1 fully saturated rings. The van der Waals surface area contributed by atoms with Gasteiger partial charge in [-0.25, -0.2) is 9.78 Å². The Labute approximate surface area is 142 Å². The van der Waals surface area contributed by atoms with Gasteiger partial charge in [0.1, 0.15) is 11.7 Å². The molecule has 0 amide bonds. The number of nitrogens with zero attached hydrogens (tertiary/aromatic N) is 4. The molecule has 0 aliphatic carbocycles. The average Bonchev–Trinajstić information content (AvgIpc) is 3.12. The number of ether oxygens (including phenoxy) is 2. The molecule has 0 atom stereocenters. The molecule has 0 radical (unpaired) electrons. The van der Waals surface area contributed by atoms with Gasteiger partial charge in [0.2, 0.25) is 5.88 Å². The van der Waals surface area contributed by atoms with Crippen LogP contribution in [0.4, 0.5) is 5.13 Å². The second-order valence-corrected chi connectivity index (χ2v) is 6.63. The van der Waals surface area contributed by atoms with Crippen LogP contribution in [-0.2, 0) is 11.8 Å². The Kier molecular flexibility index (Phi) is 3.61. The van der Waals surface area contributed by atoms with Crippen molar-refractivity contribution in [2.45, 2.75) is 6.10 Å². The number of fused-ring (bicyclic) bond motifs is 1. The van der Waals surface area contributed by atoms with Gasteiger partial charge in [0.25, 0.3) is 0 Å². The predicted molar refractivity (Wildman–Crippen MR) is 90.8 cm³/mol. The quantitative estimate of drug-likeness (QED) is 0.675. The lowest BCUT2D eigenvalue weighted by Gasteiger charge is -2.38. The summed E-state index contributed by atoms with van der Waals surface area (Å²) in [5, 5.41) is 5.02. The minimum atomic E-state index is -0.408. The normalized spacial score (nSPS) is 14.7. The smallest absolute Gasteiger partial charge is 0.345 e. The van der Waals surface area contributed by atoms with E-state index in [0.717, 1.165) is 15.3 Å². The van der Waals surface area contributed by atoms with Crippen LogP contribution in [0.25, 0.3) is 10.2 Å². The highest BCUT2D eigenvalue weighted by molar-refractivity contribution is 7.22. The van der Waals surface area contributed by atoms with E-state index in [4.69, 9.17) is 9.47 Å². The van der Waals surface area contributed by atoms with Gasteiger partial charge in [-0.15, -0.1) is 5.10 Å². The zero-order chi connectivity index (χ0) is 16.7. The summed E-state index contributed by atoms with van der Waals surface area (Å²) in [5.41, 5.74) is 1.34. The maximum Gasteiger partial charge on any atom is 0.345 e. The van der Waals surface area contributed by atoms with Crippen molar-refractivity contribution >= 4 is 32.7 Å². The first-order valence-electron chi connectivity index (χ1n) is 7.53. The van der Waals surface area contributed by atoms with Crippen molar-refractivity contribution in [3.05, 3.63) is 36.0 Å². The molecule has 1 aromatic carbocycles. The van der Waals surface area contributed by atoms with Crippen LogP contribution in [0, 0.1) is 0 Å². The molecule has 1 saturated heterocycles. The van der Waals surface area contributed by atoms with Crippen LogP contribution in [0.2, 0.25) is 0 Å². The van der Waals surface area contributed by atoms with Gasteiger partial charge in [-0.2, -0.15) is 0 Å². The summed E-state index contributed by atoms with van der Waals surface area (Å²) in [5.74, 6) is -0.126. The Morgan fingerprint density at radius 3 is 2.88 bits per heavy atom. The number of rotatable bonds is 4. The van der Waals surface area contributed by atoms with E-state index in [2.05, 4.69) is 21.0 Å². The average molecular weight is 344 g/mol. The van der Waals surface area contributed by atoms with Crippen molar-refractivity contribution in [1.82, 2.24) is 14.8 Å². The molecule has 3 heterocycles. The minimum absolute atomic E-state index is 0.144. The van der Waals surface area contributed by atoms with Gasteiger partial charge in [-0.05, 0) is 12.1 Å². The molecule has 7 nitrogen and oxygen atoms in total. The number of hydrogen-bond donors (Lipinski definition) is 0. The Morgan fingerprint density at radius 2 is 2.12 bits per heavy atom. The van der Waals surface area contributed by atoms with Crippen LogP contribution in [0.1, 0.15) is 10.4 Å². The lowest BCUT2D eigenvalue weighted by Crippen LogP contribution is -2.53. The summed E-state index contributed by atoms with van der Waals surface area (Å²) in [6.07, 6.45) is 1.46. The third kappa shape index (κ3) is 2.58. The molecule has 0 unspecified atom stereocenters. The Morgan fingerprint density at radius 1 is 1.33 bits per heavy atom. The van der Waals surface area contributed by atoms with E-state index >= 15 is 0 Å². The van der Waals surface area contributed by atoms with Crippen molar-refractivity contribution in [3.8, 4) is 5.88 Å². The van der Waals surface area contributed by atoms with Crippen LogP contribution < -0.4 is 9.64 Å². The number of para-hydroxylation sites is 1. The van der Waals surface area contributed by atoms with E-state index in [1.165, 1.54) is 11.8 Å². The molecule has 0 bridgehead atoms. The fourth-order valence-electron chi connectivity index (χ4n) is 2.64. The molecule has 0 N–H and O–H groups in total. The standard InChI is InChI=1S/C16H16N4O3S/c1-19-9-11(14(18-19)22-2)15(21)23-10-7-20(8-10)16-17-12-5-3-4-6-13(12)24-16/h3-6,9-10H,7-8H2,1-2H3. The number of benzene rings is 1. The lowest BCUT2D eigenvalue weighted by atomic mass is 10.2. The molecule has 2 aromatic heterocycles. The topological polar surface area (TPSA) is 69.5 Å². The molecule has 1 aliphatic heterocycles. The number of esters is 1. The van der Waals surface area contributed by atoms with E-state index in [-0.39, 0.29) is 12.0 Å². The largest absolute Gasteiger partial charge is 0.479 e. The summed E-state index contributed by atoms with van der Waals surface area (Å²) >= 11 is 1.65. The van der Waals surface area contributed by atoms with Crippen LogP contribution in [0.3, 0.4) is 0 Å². The van der Waals surface area contributed by atoms with Crippen molar-refractivity contribution in [3.63, 3.8) is 0 Å². The van der Waals surface area contributed by atoms with Crippen molar-refractivity contribution in [2.75, 3.05) is 25.1 Å². The number of hydrogen-bond acceptors (Lipinski definition) is 7. The summed E-state index contributed by atoms with van der Waals surface area (Å²) in [6.45, 7) is 1.29. The van der Waals surface area contributed by atoms with Crippen molar-refractivity contribution in [1.29, 1.82) is 0 Å². The van der Waals surface area contributed by atoms with E-state index in [9.17, 15) is 4.79 Å². The van der Waals surface area contributed by atoms with E-state index in [1.54, 1.807) is 24.6 Å². The second kappa shape index (κ2) is 5.79. The van der Waals surface area contributed by atoms with E-state index in [1.807, 2.05) is 18.2 Å². The summed E-state index contributed by atoms with van der Waals surface area (Å²) < 4.78 is 13.3. The highest BCUT2D eigenvalue weighted by Crippen LogP contribution is 2.32. The molecule has 3 aromatic rings. The summed E-state index contributed by atoms with van der Waals surface area (Å²) in [7, 11) is 3.22. The molecule has 124 valence electrons. The first kappa shape index (κ1) is 14.9. The number of methoxy groups -OCH3 is 1. The second-order valence-electron chi connectivity index (χ2n) is 5.62. The van der Waals surface area contributed by atoms with Crippen molar-refractivity contribution < 1.29 is 14.3 Å². The van der Waals surface area contributed by atoms with Gasteiger partial charge in [-0.3, -0.25) is 4.68 Å². The Bertz CT molecular complexity index is 865. The van der Waals surface area contributed by atoms with Gasteiger partial charge < -0.3 is 14.4 Å². The van der Waals surface area contributed by atoms with Gasteiger partial charge >= 0.3 is 5.97 Å². The number of aromatic nitrogens is 3. The first-order valence-corrected chi connectivity index (χ1v) is 8.35. The molecule has 8 heteroatoms. The van der Waals surface area contributed by atoms with Crippen LogP contribution >= 0.6 is 11.3 Å². The summed E-state index contributed by atoms with van der Waals surface area (Å²) in [4.78, 5) is 19.0. The number of carbonyl (C=O) groups excluding carboxylic acids is 1. The highest BCUT2D eigenvalue weighted by atomic mass is 32.1. The first-order chi connectivity index (χ1) is 11.6. The van der Waals surface area contributed by atoms with Crippen LogP contribution in [0.15, 0.2) is 30.5 Å². The number of aryl methyl sites for hydroxylation is 1.